The first-order chi connectivity index (χ1) is 18.0. The summed E-state index contributed by atoms with van der Waals surface area (Å²) >= 11 is 13.3. The zero-order chi connectivity index (χ0) is 27.4. The van der Waals surface area contributed by atoms with Crippen LogP contribution in [0, 0.1) is 5.82 Å². The number of carboxylic acids is 1. The summed E-state index contributed by atoms with van der Waals surface area (Å²) in [5.74, 6) is -1.97. The molecule has 2 aromatic carbocycles. The summed E-state index contributed by atoms with van der Waals surface area (Å²) in [4.78, 5) is 18.3. The average molecular weight is 598 g/mol. The number of pyridine rings is 1. The van der Waals surface area contributed by atoms with Crippen molar-refractivity contribution in [2.75, 3.05) is 4.72 Å². The Balaban J connectivity index is 1.63. The number of ether oxygens (including phenoxy) is 1. The number of nitrogens with zero attached hydrogens (tertiary/aromatic N) is 3. The molecule has 4 rings (SSSR count). The topological polar surface area (TPSA) is 143 Å². The van der Waals surface area contributed by atoms with E-state index in [2.05, 4.69) is 24.4 Å². The molecule has 0 amide bonds. The van der Waals surface area contributed by atoms with E-state index in [9.17, 15) is 17.6 Å². The molecule has 0 unspecified atom stereocenters. The molecule has 0 bridgehead atoms. The van der Waals surface area contributed by atoms with Crippen LogP contribution in [-0.4, -0.2) is 39.9 Å². The van der Waals surface area contributed by atoms with E-state index in [0.29, 0.717) is 21.8 Å². The number of halogens is 3. The third-order valence-electron chi connectivity index (χ3n) is 5.11. The number of benzene rings is 2. The Morgan fingerprint density at radius 1 is 1.16 bits per heavy atom. The molecule has 1 atom stereocenters. The number of hydrogen-bond donors (Lipinski definition) is 3. The summed E-state index contributed by atoms with van der Waals surface area (Å²) in [5, 5.41) is 12.1. The van der Waals surface area contributed by atoms with Gasteiger partial charge >= 0.3 is 5.97 Å². The number of rotatable bonds is 10. The quantitative estimate of drug-likeness (QED) is 0.224. The molecule has 0 saturated heterocycles. The van der Waals surface area contributed by atoms with Gasteiger partial charge in [-0.15, -0.1) is 0 Å². The minimum atomic E-state index is -4.33. The maximum absolute atomic E-state index is 14.9. The molecule has 0 saturated carbocycles. The highest BCUT2D eigenvalue weighted by atomic mass is 35.5. The monoisotopic (exact) mass is 597 g/mol. The Bertz CT molecular complexity index is 1590. The molecule has 0 spiro atoms. The van der Waals surface area contributed by atoms with Crippen molar-refractivity contribution >= 4 is 55.9 Å². The molecule has 198 valence electrons. The van der Waals surface area contributed by atoms with Gasteiger partial charge in [0.25, 0.3) is 10.0 Å². The second kappa shape index (κ2) is 11.6. The summed E-state index contributed by atoms with van der Waals surface area (Å²) in [6.07, 6.45) is 2.70. The number of carboxylic acid groups (broad SMARTS) is 1. The van der Waals surface area contributed by atoms with Gasteiger partial charge in [-0.2, -0.15) is 4.37 Å². The molecule has 2 heterocycles. The first-order valence-corrected chi connectivity index (χ1v) is 13.7. The summed E-state index contributed by atoms with van der Waals surface area (Å²) in [5.41, 5.74) is 1.70. The molecule has 15 heteroatoms. The SMILES string of the molecule is C[C@@H](NCc1cc(-c2cc(Cl)ccc2Oc2cc(F)c(S(=O)(=O)Nc3ncns3)cc2Cl)ccn1)C(=O)O. The van der Waals surface area contributed by atoms with E-state index in [4.69, 9.17) is 33.0 Å². The van der Waals surface area contributed by atoms with Gasteiger partial charge in [0, 0.05) is 40.9 Å². The summed E-state index contributed by atoms with van der Waals surface area (Å²) in [6, 6.07) is 9.18. The van der Waals surface area contributed by atoms with E-state index in [0.717, 1.165) is 30.0 Å². The zero-order valence-corrected chi connectivity index (χ0v) is 22.5. The summed E-state index contributed by atoms with van der Waals surface area (Å²) < 4.78 is 51.9. The Kier molecular flexibility index (Phi) is 8.43. The van der Waals surface area contributed by atoms with E-state index in [1.54, 1.807) is 36.5 Å². The fraction of sp³-hybridized carbons (Fsp3) is 0.130. The van der Waals surface area contributed by atoms with Crippen LogP contribution in [0.5, 0.6) is 11.5 Å². The van der Waals surface area contributed by atoms with Gasteiger partial charge in [-0.05, 0) is 48.9 Å². The lowest BCUT2D eigenvalue weighted by Crippen LogP contribution is -2.33. The lowest BCUT2D eigenvalue weighted by atomic mass is 10.0. The zero-order valence-electron chi connectivity index (χ0n) is 19.4. The first kappa shape index (κ1) is 27.7. The lowest BCUT2D eigenvalue weighted by molar-refractivity contribution is -0.139. The van der Waals surface area contributed by atoms with Crippen LogP contribution in [0.25, 0.3) is 11.1 Å². The molecule has 10 nitrogen and oxygen atoms in total. The standard InChI is InChI=1S/C23H18Cl2FN5O5S2/c1-12(22(32)33)28-10-15-6-13(4-5-27-15)16-7-14(24)2-3-19(16)36-20-9-18(26)21(8-17(20)25)38(34,35)31-23-29-11-30-37-23/h2-9,11-12,28H,10H2,1H3,(H,32,33)(H,29,30,31)/t12-/m1/s1. The molecular weight excluding hydrogens is 580 g/mol. The van der Waals surface area contributed by atoms with Crippen molar-refractivity contribution in [3.05, 3.63) is 76.5 Å². The molecule has 38 heavy (non-hydrogen) atoms. The van der Waals surface area contributed by atoms with Gasteiger partial charge in [0.15, 0.2) is 0 Å². The number of aliphatic carboxylic acids is 1. The van der Waals surface area contributed by atoms with E-state index in [-0.39, 0.29) is 28.2 Å². The largest absolute Gasteiger partial charge is 0.480 e. The van der Waals surface area contributed by atoms with Crippen LogP contribution in [-0.2, 0) is 21.4 Å². The van der Waals surface area contributed by atoms with Gasteiger partial charge in [-0.25, -0.2) is 17.8 Å². The second-order valence-electron chi connectivity index (χ2n) is 7.78. The van der Waals surface area contributed by atoms with Crippen molar-refractivity contribution in [1.82, 2.24) is 19.7 Å². The maximum Gasteiger partial charge on any atom is 0.320 e. The first-order valence-electron chi connectivity index (χ1n) is 10.7. The molecular formula is C23H18Cl2FN5O5S2. The Morgan fingerprint density at radius 2 is 1.95 bits per heavy atom. The van der Waals surface area contributed by atoms with E-state index >= 15 is 0 Å². The predicted octanol–water partition coefficient (Wildman–Crippen LogP) is 5.20. The van der Waals surface area contributed by atoms with Crippen LogP contribution >= 0.6 is 34.7 Å². The van der Waals surface area contributed by atoms with Crippen molar-refractivity contribution in [2.45, 2.75) is 24.4 Å². The molecule has 0 aliphatic carbocycles. The molecule has 0 aliphatic heterocycles. The van der Waals surface area contributed by atoms with Gasteiger partial charge in [-0.3, -0.25) is 19.8 Å². The van der Waals surface area contributed by atoms with Crippen LogP contribution in [0.2, 0.25) is 10.0 Å². The van der Waals surface area contributed by atoms with Crippen molar-refractivity contribution in [3.8, 4) is 22.6 Å². The number of anilines is 1. The fourth-order valence-electron chi connectivity index (χ4n) is 3.21. The van der Waals surface area contributed by atoms with Crippen LogP contribution in [0.3, 0.4) is 0 Å². The van der Waals surface area contributed by atoms with Crippen LogP contribution < -0.4 is 14.8 Å². The molecule has 0 fully saturated rings. The predicted molar refractivity (Wildman–Crippen MR) is 141 cm³/mol. The molecule has 3 N–H and O–H groups in total. The number of sulfonamides is 1. The highest BCUT2D eigenvalue weighted by Crippen LogP contribution is 2.39. The van der Waals surface area contributed by atoms with E-state index in [1.807, 2.05) is 0 Å². The van der Waals surface area contributed by atoms with Crippen LogP contribution in [0.4, 0.5) is 9.52 Å². The normalized spacial score (nSPS) is 12.2. The summed E-state index contributed by atoms with van der Waals surface area (Å²) in [6.45, 7) is 1.71. The van der Waals surface area contributed by atoms with Crippen molar-refractivity contribution in [3.63, 3.8) is 0 Å². The molecule has 0 aliphatic rings. The van der Waals surface area contributed by atoms with Gasteiger partial charge in [-0.1, -0.05) is 23.2 Å². The number of hydrogen-bond acceptors (Lipinski definition) is 9. The Morgan fingerprint density at radius 3 is 2.66 bits per heavy atom. The molecule has 4 aromatic rings. The summed E-state index contributed by atoms with van der Waals surface area (Å²) in [7, 11) is -4.33. The van der Waals surface area contributed by atoms with Crippen molar-refractivity contribution in [1.29, 1.82) is 0 Å². The van der Waals surface area contributed by atoms with E-state index < -0.39 is 32.7 Å². The molecule has 2 aromatic heterocycles. The maximum atomic E-state index is 14.9. The van der Waals surface area contributed by atoms with Gasteiger partial charge in [0.1, 0.15) is 34.6 Å². The highest BCUT2D eigenvalue weighted by Gasteiger charge is 2.24. The third kappa shape index (κ3) is 6.55. The Hall–Kier alpha value is -3.36. The van der Waals surface area contributed by atoms with E-state index in [1.165, 1.54) is 6.92 Å². The van der Waals surface area contributed by atoms with Gasteiger partial charge < -0.3 is 9.84 Å². The third-order valence-corrected chi connectivity index (χ3v) is 7.70. The van der Waals surface area contributed by atoms with Gasteiger partial charge in [0.2, 0.25) is 5.13 Å². The smallest absolute Gasteiger partial charge is 0.320 e. The van der Waals surface area contributed by atoms with Crippen LogP contribution in [0.1, 0.15) is 12.6 Å². The number of aromatic nitrogens is 3. The number of nitrogens with one attached hydrogen (secondary N) is 2. The van der Waals surface area contributed by atoms with Crippen LogP contribution in [0.15, 0.2) is 59.9 Å². The second-order valence-corrected chi connectivity index (χ2v) is 11.1. The van der Waals surface area contributed by atoms with Crippen molar-refractivity contribution in [2.24, 2.45) is 0 Å². The number of carbonyl (C=O) groups is 1. The minimum Gasteiger partial charge on any atom is -0.480 e. The lowest BCUT2D eigenvalue weighted by Gasteiger charge is -2.15. The van der Waals surface area contributed by atoms with Crippen molar-refractivity contribution < 1.29 is 27.4 Å². The fourth-order valence-corrected chi connectivity index (χ4v) is 5.39. The Labute approximate surface area is 230 Å². The molecule has 0 radical (unpaired) electrons. The average Bonchev–Trinajstić information content (AvgIpc) is 3.37. The highest BCUT2D eigenvalue weighted by molar-refractivity contribution is 7.93. The minimum absolute atomic E-state index is 0.0315. The van der Waals surface area contributed by atoms with Gasteiger partial charge in [0.05, 0.1) is 10.7 Å².